The molecule has 0 spiro atoms. The smallest absolute Gasteiger partial charge is 0.323 e. The van der Waals surface area contributed by atoms with Crippen molar-refractivity contribution < 1.29 is 22.7 Å². The van der Waals surface area contributed by atoms with Gasteiger partial charge in [0.1, 0.15) is 0 Å². The van der Waals surface area contributed by atoms with Gasteiger partial charge in [-0.05, 0) is 38.1 Å². The number of hydrogen-bond donors (Lipinski definition) is 2. The van der Waals surface area contributed by atoms with Crippen LogP contribution in [0.3, 0.4) is 0 Å². The van der Waals surface area contributed by atoms with E-state index >= 15 is 0 Å². The summed E-state index contributed by atoms with van der Waals surface area (Å²) in [5.74, 6) is -2.69. The van der Waals surface area contributed by atoms with Gasteiger partial charge in [-0.25, -0.2) is 18.0 Å². The fourth-order valence-corrected chi connectivity index (χ4v) is 2.39. The van der Waals surface area contributed by atoms with Gasteiger partial charge in [-0.15, -0.1) is 0 Å². The first-order valence-corrected chi connectivity index (χ1v) is 8.14. The molecule has 0 bridgehead atoms. The molecule has 6 nitrogen and oxygen atoms in total. The Morgan fingerprint density at radius 2 is 1.57 bits per heavy atom. The summed E-state index contributed by atoms with van der Waals surface area (Å²) in [6.45, 7) is 3.21. The van der Waals surface area contributed by atoms with Gasteiger partial charge < -0.3 is 15.4 Å². The third kappa shape index (κ3) is 4.37. The number of anilines is 2. The summed E-state index contributed by atoms with van der Waals surface area (Å²) in [4.78, 5) is 20.3. The Morgan fingerprint density at radius 3 is 2.21 bits per heavy atom. The molecule has 1 heterocycles. The van der Waals surface area contributed by atoms with E-state index in [9.17, 15) is 18.0 Å². The minimum atomic E-state index is -1.08. The predicted molar refractivity (Wildman–Crippen MR) is 97.0 cm³/mol. The number of carbonyl (C=O) groups excluding carboxylic acids is 1. The van der Waals surface area contributed by atoms with Crippen molar-refractivity contribution in [2.24, 2.45) is 0 Å². The number of nitrogens with zero attached hydrogens (tertiary/aromatic N) is 2. The second-order valence-corrected chi connectivity index (χ2v) is 5.79. The van der Waals surface area contributed by atoms with E-state index < -0.39 is 23.5 Å². The normalized spacial score (nSPS) is 10.5. The number of ether oxygens (including phenoxy) is 1. The Balaban J connectivity index is 1.74. The molecule has 144 valence electrons. The number of rotatable bonds is 4. The number of aromatic nitrogens is 2. The predicted octanol–water partition coefficient (Wildman–Crippen LogP) is 4.95. The van der Waals surface area contributed by atoms with E-state index in [1.165, 1.54) is 24.3 Å². The fourth-order valence-electron chi connectivity index (χ4n) is 2.39. The number of aryl methyl sites for hydroxylation is 2. The molecule has 0 saturated carbocycles. The molecule has 9 heteroatoms. The maximum Gasteiger partial charge on any atom is 0.323 e. The van der Waals surface area contributed by atoms with Crippen LogP contribution in [0.25, 0.3) is 0 Å². The first kappa shape index (κ1) is 19.2. The molecule has 0 aliphatic carbocycles. The maximum absolute atomic E-state index is 13.7. The van der Waals surface area contributed by atoms with Crippen molar-refractivity contribution in [1.82, 2.24) is 9.97 Å². The largest absolute Gasteiger partial charge is 0.421 e. The Kier molecular flexibility index (Phi) is 5.44. The van der Waals surface area contributed by atoms with Crippen LogP contribution in [0, 0.1) is 31.3 Å². The van der Waals surface area contributed by atoms with Crippen molar-refractivity contribution in [2.45, 2.75) is 13.8 Å². The number of halogens is 3. The number of nitrogens with one attached hydrogen (secondary N) is 2. The number of hydrogen-bond acceptors (Lipinski definition) is 4. The SMILES string of the molecule is Cc1nc(Oc2ccccc2F)nc(C)c1NC(=O)Nc1ccc(F)c(F)c1. The van der Waals surface area contributed by atoms with E-state index in [-0.39, 0.29) is 17.4 Å². The lowest BCUT2D eigenvalue weighted by Crippen LogP contribution is -2.21. The zero-order chi connectivity index (χ0) is 20.3. The van der Waals surface area contributed by atoms with Crippen LogP contribution in [0.1, 0.15) is 11.4 Å². The summed E-state index contributed by atoms with van der Waals surface area (Å²) in [7, 11) is 0. The van der Waals surface area contributed by atoms with Gasteiger partial charge in [-0.2, -0.15) is 9.97 Å². The average molecular weight is 388 g/mol. The Morgan fingerprint density at radius 1 is 0.893 bits per heavy atom. The highest BCUT2D eigenvalue weighted by Gasteiger charge is 2.14. The number of amides is 2. The van der Waals surface area contributed by atoms with Crippen molar-refractivity contribution in [1.29, 1.82) is 0 Å². The molecule has 2 N–H and O–H groups in total. The van der Waals surface area contributed by atoms with Gasteiger partial charge in [0.25, 0.3) is 0 Å². The fraction of sp³-hybridized carbons (Fsp3) is 0.105. The van der Waals surface area contributed by atoms with E-state index in [4.69, 9.17) is 4.74 Å². The van der Waals surface area contributed by atoms with Crippen LogP contribution in [0.4, 0.5) is 29.3 Å². The molecule has 2 amide bonds. The molecule has 0 atom stereocenters. The standard InChI is InChI=1S/C19H15F3N4O2/c1-10-17(26-18(27)25-12-7-8-13(20)15(22)9-12)11(2)24-19(23-10)28-16-6-4-3-5-14(16)21/h3-9H,1-2H3,(H2,25,26,27). The molecule has 0 aliphatic heterocycles. The molecule has 28 heavy (non-hydrogen) atoms. The van der Waals surface area contributed by atoms with Gasteiger partial charge >= 0.3 is 12.0 Å². The first-order valence-electron chi connectivity index (χ1n) is 8.14. The molecule has 0 saturated heterocycles. The summed E-state index contributed by atoms with van der Waals surface area (Å²) in [6, 6.07) is 8.03. The van der Waals surface area contributed by atoms with Crippen molar-refractivity contribution in [3.8, 4) is 11.8 Å². The van der Waals surface area contributed by atoms with Crippen molar-refractivity contribution in [3.05, 3.63) is 71.3 Å². The Hall–Kier alpha value is -3.62. The number of para-hydroxylation sites is 1. The third-order valence-electron chi connectivity index (χ3n) is 3.70. The van der Waals surface area contributed by atoms with Crippen LogP contribution in [-0.2, 0) is 0 Å². The molecule has 3 rings (SSSR count). The van der Waals surface area contributed by atoms with Crippen molar-refractivity contribution in [2.75, 3.05) is 10.6 Å². The van der Waals surface area contributed by atoms with Crippen LogP contribution in [0.15, 0.2) is 42.5 Å². The summed E-state index contributed by atoms with van der Waals surface area (Å²) < 4.78 is 45.2. The molecule has 1 aromatic heterocycles. The van der Waals surface area contributed by atoms with Gasteiger partial charge in [-0.1, -0.05) is 12.1 Å². The van der Waals surface area contributed by atoms with Crippen LogP contribution >= 0.6 is 0 Å². The molecular formula is C19H15F3N4O2. The topological polar surface area (TPSA) is 76.1 Å². The molecule has 0 radical (unpaired) electrons. The van der Waals surface area contributed by atoms with E-state index in [0.717, 1.165) is 12.1 Å². The number of benzene rings is 2. The van der Waals surface area contributed by atoms with Crippen LogP contribution in [0.2, 0.25) is 0 Å². The molecular weight excluding hydrogens is 373 g/mol. The van der Waals surface area contributed by atoms with Gasteiger partial charge in [0.05, 0.1) is 17.1 Å². The highest BCUT2D eigenvalue weighted by Crippen LogP contribution is 2.25. The molecule has 0 unspecified atom stereocenters. The highest BCUT2D eigenvalue weighted by molar-refractivity contribution is 6.00. The number of urea groups is 1. The van der Waals surface area contributed by atoms with Crippen molar-refractivity contribution >= 4 is 17.4 Å². The quantitative estimate of drug-likeness (QED) is 0.663. The molecule has 2 aromatic carbocycles. The van der Waals surface area contributed by atoms with Crippen LogP contribution in [-0.4, -0.2) is 16.0 Å². The average Bonchev–Trinajstić information content (AvgIpc) is 2.63. The monoisotopic (exact) mass is 388 g/mol. The highest BCUT2D eigenvalue weighted by atomic mass is 19.2. The van der Waals surface area contributed by atoms with Gasteiger partial charge in [0.2, 0.25) is 0 Å². The van der Waals surface area contributed by atoms with Crippen LogP contribution in [0.5, 0.6) is 11.8 Å². The Labute approximate surface area is 158 Å². The van der Waals surface area contributed by atoms with E-state index in [2.05, 4.69) is 20.6 Å². The molecule has 0 aliphatic rings. The Bertz CT molecular complexity index is 1020. The summed E-state index contributed by atoms with van der Waals surface area (Å²) in [5, 5.41) is 4.92. The minimum absolute atomic E-state index is 0.0295. The third-order valence-corrected chi connectivity index (χ3v) is 3.70. The minimum Gasteiger partial charge on any atom is -0.421 e. The summed E-state index contributed by atoms with van der Waals surface area (Å²) >= 11 is 0. The molecule has 3 aromatic rings. The van der Waals surface area contributed by atoms with E-state index in [1.807, 2.05) is 0 Å². The lowest BCUT2D eigenvalue weighted by atomic mass is 10.3. The second kappa shape index (κ2) is 7.95. The second-order valence-electron chi connectivity index (χ2n) is 5.79. The lowest BCUT2D eigenvalue weighted by Gasteiger charge is -2.13. The van der Waals surface area contributed by atoms with Gasteiger partial charge in [0, 0.05) is 11.8 Å². The summed E-state index contributed by atoms with van der Waals surface area (Å²) in [5.41, 5.74) is 1.13. The first-order chi connectivity index (χ1) is 13.3. The zero-order valence-corrected chi connectivity index (χ0v) is 14.9. The zero-order valence-electron chi connectivity index (χ0n) is 14.9. The van der Waals surface area contributed by atoms with Crippen molar-refractivity contribution in [3.63, 3.8) is 0 Å². The maximum atomic E-state index is 13.7. The number of carbonyl (C=O) groups is 1. The van der Waals surface area contributed by atoms with Gasteiger partial charge in [-0.3, -0.25) is 0 Å². The molecule has 0 fully saturated rings. The summed E-state index contributed by atoms with van der Waals surface area (Å²) in [6.07, 6.45) is 0. The van der Waals surface area contributed by atoms with Crippen LogP contribution < -0.4 is 15.4 Å². The van der Waals surface area contributed by atoms with E-state index in [0.29, 0.717) is 17.1 Å². The van der Waals surface area contributed by atoms with E-state index in [1.54, 1.807) is 19.9 Å². The lowest BCUT2D eigenvalue weighted by molar-refractivity contribution is 0.262. The van der Waals surface area contributed by atoms with Gasteiger partial charge in [0.15, 0.2) is 23.2 Å².